The Hall–Kier alpha value is -1.07. The topological polar surface area (TPSA) is 41.6 Å². The lowest BCUT2D eigenvalue weighted by Gasteiger charge is -1.90. The largest absolute Gasteiger partial charge is 0.265 e. The van der Waals surface area contributed by atoms with Gasteiger partial charge in [-0.2, -0.15) is 5.10 Å². The molecule has 5 heteroatoms. The highest BCUT2D eigenvalue weighted by Crippen LogP contribution is 2.19. The van der Waals surface area contributed by atoms with Gasteiger partial charge >= 0.3 is 0 Å². The molecule has 0 aliphatic carbocycles. The monoisotopic (exact) mass is 195 g/mol. The Balaban J connectivity index is 2.51. The van der Waals surface area contributed by atoms with Crippen molar-refractivity contribution in [2.24, 2.45) is 0 Å². The predicted molar refractivity (Wildman–Crippen MR) is 50.5 cm³/mol. The molecule has 0 amide bonds. The first-order chi connectivity index (χ1) is 5.86. The zero-order valence-electron chi connectivity index (χ0n) is 6.02. The highest BCUT2D eigenvalue weighted by atomic mass is 32.1. The van der Waals surface area contributed by atoms with Crippen LogP contribution in [-0.4, -0.2) is 15.2 Å². The first-order valence-corrected chi connectivity index (χ1v) is 4.54. The fourth-order valence-electron chi connectivity index (χ4n) is 0.848. The van der Waals surface area contributed by atoms with Crippen LogP contribution < -0.4 is 0 Å². The molecule has 0 radical (unpaired) electrons. The number of aromatic nitrogens is 3. The van der Waals surface area contributed by atoms with Crippen molar-refractivity contribution < 1.29 is 0 Å². The molecule has 2 rings (SSSR count). The first kappa shape index (κ1) is 7.57. The molecule has 3 nitrogen and oxygen atoms in total. The van der Waals surface area contributed by atoms with Crippen molar-refractivity contribution in [3.63, 3.8) is 0 Å². The minimum atomic E-state index is 0.696. The lowest BCUT2D eigenvalue weighted by atomic mass is 10.3. The summed E-state index contributed by atoms with van der Waals surface area (Å²) in [5.74, 6) is 0. The third kappa shape index (κ3) is 1.41. The second-order valence-electron chi connectivity index (χ2n) is 2.15. The summed E-state index contributed by atoms with van der Waals surface area (Å²) in [5.41, 5.74) is 1.04. The van der Waals surface area contributed by atoms with E-state index in [-0.39, 0.29) is 0 Å². The summed E-state index contributed by atoms with van der Waals surface area (Å²) < 4.78 is 0.696. The van der Waals surface area contributed by atoms with Gasteiger partial charge in [0, 0.05) is 18.0 Å². The third-order valence-electron chi connectivity index (χ3n) is 1.37. The summed E-state index contributed by atoms with van der Waals surface area (Å²) in [6.07, 6.45) is 3.47. The molecule has 60 valence electrons. The SMILES string of the molecule is S=c1[nH]nc(-c2ccncc2)s1. The zero-order valence-corrected chi connectivity index (χ0v) is 7.65. The molecule has 0 spiro atoms. The second-order valence-corrected chi connectivity index (χ2v) is 3.82. The molecular formula is C7H5N3S2. The van der Waals surface area contributed by atoms with Gasteiger partial charge in [0.1, 0.15) is 5.01 Å². The van der Waals surface area contributed by atoms with Gasteiger partial charge in [-0.05, 0) is 24.4 Å². The van der Waals surface area contributed by atoms with Gasteiger partial charge in [-0.15, -0.1) is 0 Å². The van der Waals surface area contributed by atoms with Crippen LogP contribution in [0.25, 0.3) is 10.6 Å². The minimum Gasteiger partial charge on any atom is -0.265 e. The van der Waals surface area contributed by atoms with Gasteiger partial charge in [0.05, 0.1) is 0 Å². The van der Waals surface area contributed by atoms with Crippen molar-refractivity contribution in [2.45, 2.75) is 0 Å². The number of nitrogens with one attached hydrogen (secondary N) is 1. The van der Waals surface area contributed by atoms with E-state index < -0.39 is 0 Å². The predicted octanol–water partition coefficient (Wildman–Crippen LogP) is 2.26. The van der Waals surface area contributed by atoms with Gasteiger partial charge in [-0.3, -0.25) is 10.1 Å². The van der Waals surface area contributed by atoms with Crippen molar-refractivity contribution in [3.05, 3.63) is 28.5 Å². The van der Waals surface area contributed by atoms with E-state index in [1.54, 1.807) is 12.4 Å². The summed E-state index contributed by atoms with van der Waals surface area (Å²) in [6, 6.07) is 3.81. The van der Waals surface area contributed by atoms with Crippen molar-refractivity contribution in [2.75, 3.05) is 0 Å². The number of hydrogen-bond acceptors (Lipinski definition) is 4. The van der Waals surface area contributed by atoms with Crippen LogP contribution in [-0.2, 0) is 0 Å². The molecule has 2 heterocycles. The Labute approximate surface area is 78.1 Å². The molecule has 0 fully saturated rings. The van der Waals surface area contributed by atoms with E-state index in [1.165, 1.54) is 11.3 Å². The number of aromatic amines is 1. The minimum absolute atomic E-state index is 0.696. The summed E-state index contributed by atoms with van der Waals surface area (Å²) in [5, 5.41) is 7.68. The van der Waals surface area contributed by atoms with E-state index >= 15 is 0 Å². The molecule has 2 aromatic rings. The van der Waals surface area contributed by atoms with E-state index in [1.807, 2.05) is 12.1 Å². The van der Waals surface area contributed by atoms with Crippen LogP contribution in [0.15, 0.2) is 24.5 Å². The van der Waals surface area contributed by atoms with Crippen LogP contribution in [0.5, 0.6) is 0 Å². The quantitative estimate of drug-likeness (QED) is 0.710. The highest BCUT2D eigenvalue weighted by Gasteiger charge is 1.99. The van der Waals surface area contributed by atoms with Crippen molar-refractivity contribution in [3.8, 4) is 10.6 Å². The van der Waals surface area contributed by atoms with Gasteiger partial charge in [-0.1, -0.05) is 11.3 Å². The van der Waals surface area contributed by atoms with E-state index in [9.17, 15) is 0 Å². The number of H-pyrrole nitrogens is 1. The fraction of sp³-hybridized carbons (Fsp3) is 0. The van der Waals surface area contributed by atoms with Gasteiger partial charge in [0.25, 0.3) is 0 Å². The number of hydrogen-bond donors (Lipinski definition) is 1. The Morgan fingerprint density at radius 3 is 2.67 bits per heavy atom. The number of nitrogens with zero attached hydrogens (tertiary/aromatic N) is 2. The molecule has 0 saturated carbocycles. The smallest absolute Gasteiger partial charge is 0.176 e. The van der Waals surface area contributed by atoms with Crippen LogP contribution in [0, 0.1) is 3.95 Å². The van der Waals surface area contributed by atoms with Crippen LogP contribution in [0.2, 0.25) is 0 Å². The maximum absolute atomic E-state index is 4.92. The van der Waals surface area contributed by atoms with Gasteiger partial charge in [-0.25, -0.2) is 0 Å². The third-order valence-corrected chi connectivity index (χ3v) is 2.50. The van der Waals surface area contributed by atoms with Crippen LogP contribution in [0.1, 0.15) is 0 Å². The summed E-state index contributed by atoms with van der Waals surface area (Å²) in [7, 11) is 0. The Bertz CT molecular complexity index is 417. The normalized spacial score (nSPS) is 10.0. The van der Waals surface area contributed by atoms with Crippen LogP contribution >= 0.6 is 23.6 Å². The molecule has 0 saturated heterocycles. The maximum atomic E-state index is 4.92. The van der Waals surface area contributed by atoms with E-state index in [0.29, 0.717) is 3.95 Å². The molecule has 0 aliphatic rings. The molecule has 2 aromatic heterocycles. The fourth-order valence-corrected chi connectivity index (χ4v) is 1.74. The molecule has 12 heavy (non-hydrogen) atoms. The molecule has 1 N–H and O–H groups in total. The lowest BCUT2D eigenvalue weighted by molar-refractivity contribution is 1.08. The lowest BCUT2D eigenvalue weighted by Crippen LogP contribution is -1.76. The zero-order chi connectivity index (χ0) is 8.39. The molecule has 0 atom stereocenters. The summed E-state index contributed by atoms with van der Waals surface area (Å²) >= 11 is 6.38. The van der Waals surface area contributed by atoms with Gasteiger partial charge in [0.2, 0.25) is 0 Å². The van der Waals surface area contributed by atoms with E-state index in [0.717, 1.165) is 10.6 Å². The van der Waals surface area contributed by atoms with E-state index in [2.05, 4.69) is 15.2 Å². The number of rotatable bonds is 1. The van der Waals surface area contributed by atoms with Crippen molar-refractivity contribution >= 4 is 23.6 Å². The first-order valence-electron chi connectivity index (χ1n) is 3.32. The average molecular weight is 195 g/mol. The summed E-state index contributed by atoms with van der Waals surface area (Å²) in [4.78, 5) is 3.92. The van der Waals surface area contributed by atoms with Crippen molar-refractivity contribution in [1.82, 2.24) is 15.2 Å². The highest BCUT2D eigenvalue weighted by molar-refractivity contribution is 7.73. The molecule has 0 aromatic carbocycles. The molecular weight excluding hydrogens is 190 g/mol. The van der Waals surface area contributed by atoms with Crippen LogP contribution in [0.4, 0.5) is 0 Å². The van der Waals surface area contributed by atoms with Crippen molar-refractivity contribution in [1.29, 1.82) is 0 Å². The van der Waals surface area contributed by atoms with Gasteiger partial charge in [0.15, 0.2) is 3.95 Å². The van der Waals surface area contributed by atoms with Crippen LogP contribution in [0.3, 0.4) is 0 Å². The van der Waals surface area contributed by atoms with Gasteiger partial charge < -0.3 is 0 Å². The summed E-state index contributed by atoms with van der Waals surface area (Å²) in [6.45, 7) is 0. The molecule has 0 unspecified atom stereocenters. The Morgan fingerprint density at radius 1 is 1.33 bits per heavy atom. The Morgan fingerprint density at radius 2 is 2.08 bits per heavy atom. The Kier molecular flexibility index (Phi) is 1.97. The molecule has 0 bridgehead atoms. The number of pyridine rings is 1. The van der Waals surface area contributed by atoms with E-state index in [4.69, 9.17) is 12.2 Å². The standard InChI is InChI=1S/C7H5N3S2/c11-7-10-9-6(12-7)5-1-3-8-4-2-5/h1-4H,(H,10,11). The second kappa shape index (κ2) is 3.12. The average Bonchev–Trinajstić information content (AvgIpc) is 2.54. The maximum Gasteiger partial charge on any atom is 0.176 e. The molecule has 0 aliphatic heterocycles.